The summed E-state index contributed by atoms with van der Waals surface area (Å²) in [6.07, 6.45) is 0. The van der Waals surface area contributed by atoms with Gasteiger partial charge in [-0.15, -0.1) is 0 Å². The van der Waals surface area contributed by atoms with Gasteiger partial charge in [0.15, 0.2) is 0 Å². The lowest BCUT2D eigenvalue weighted by molar-refractivity contribution is 0.0652. The first-order valence-electron chi connectivity index (χ1n) is 8.23. The number of carboxylic acid groups (broad SMARTS) is 1. The molecule has 0 amide bonds. The molecule has 0 fully saturated rings. The van der Waals surface area contributed by atoms with E-state index in [2.05, 4.69) is 19.4 Å². The number of halogens is 3. The number of carbonyl (C=O) groups excluding carboxylic acids is 1. The predicted octanol–water partition coefficient (Wildman–Crippen LogP) is 5.04. The molecule has 0 aliphatic heterocycles. The van der Waals surface area contributed by atoms with E-state index in [9.17, 15) is 18.4 Å². The zero-order chi connectivity index (χ0) is 21.7. The van der Waals surface area contributed by atoms with Crippen LogP contribution in [0.25, 0.3) is 22.5 Å². The topological polar surface area (TPSA) is 106 Å². The van der Waals surface area contributed by atoms with Crippen molar-refractivity contribution < 1.29 is 32.5 Å². The molecule has 0 aliphatic carbocycles. The number of hydrogen-bond donors (Lipinski definition) is 1. The maximum atomic E-state index is 13.3. The summed E-state index contributed by atoms with van der Waals surface area (Å²) in [6, 6.07) is 14.5. The normalized spacial score (nSPS) is 10.2. The van der Waals surface area contributed by atoms with Crippen LogP contribution in [0.5, 0.6) is 0 Å². The number of benzene rings is 2. The quantitative estimate of drug-likeness (QED) is 0.450. The van der Waals surface area contributed by atoms with Gasteiger partial charge in [-0.25, -0.2) is 13.6 Å². The maximum Gasteiger partial charge on any atom is 0.374 e. The number of carboxylic acids is 1. The van der Waals surface area contributed by atoms with Crippen LogP contribution in [0.4, 0.5) is 8.78 Å². The molecule has 0 saturated heterocycles. The van der Waals surface area contributed by atoms with Gasteiger partial charge >= 0.3 is 5.97 Å². The highest BCUT2D eigenvalue weighted by Crippen LogP contribution is 2.23. The van der Waals surface area contributed by atoms with Crippen molar-refractivity contribution in [3.63, 3.8) is 0 Å². The van der Waals surface area contributed by atoms with Crippen LogP contribution >= 0.6 is 11.6 Å². The van der Waals surface area contributed by atoms with Crippen LogP contribution in [0.2, 0.25) is 0 Å². The standard InChI is InChI=1S/C10H5ClFNO2.C10H6FNO3/c11-10(14)9-5-8(13-15-9)6-3-1-2-4-7(6)12;11-7-4-2-1-3-6(7)8-5-9(10(13)14)15-12-8/h1-5H;1-5H,(H,13,14). The third-order valence-electron chi connectivity index (χ3n) is 3.72. The molecule has 2 aromatic heterocycles. The summed E-state index contributed by atoms with van der Waals surface area (Å²) < 4.78 is 35.7. The van der Waals surface area contributed by atoms with Gasteiger partial charge in [-0.2, -0.15) is 0 Å². The van der Waals surface area contributed by atoms with Gasteiger partial charge in [0.1, 0.15) is 23.0 Å². The van der Waals surface area contributed by atoms with Crippen LogP contribution in [-0.2, 0) is 0 Å². The summed E-state index contributed by atoms with van der Waals surface area (Å²) in [6.45, 7) is 0. The van der Waals surface area contributed by atoms with Crippen molar-refractivity contribution in [2.75, 3.05) is 0 Å². The average molecular weight is 433 g/mol. The van der Waals surface area contributed by atoms with Crippen LogP contribution in [0.3, 0.4) is 0 Å². The van der Waals surface area contributed by atoms with Gasteiger partial charge in [-0.05, 0) is 35.9 Å². The van der Waals surface area contributed by atoms with Crippen LogP contribution < -0.4 is 0 Å². The third kappa shape index (κ3) is 4.76. The van der Waals surface area contributed by atoms with E-state index in [1.165, 1.54) is 42.5 Å². The Morgan fingerprint density at radius 3 is 1.60 bits per heavy atom. The lowest BCUT2D eigenvalue weighted by Gasteiger charge is -1.95. The number of rotatable bonds is 4. The largest absolute Gasteiger partial charge is 0.475 e. The van der Waals surface area contributed by atoms with Crippen LogP contribution in [-0.4, -0.2) is 26.6 Å². The first-order valence-corrected chi connectivity index (χ1v) is 8.61. The summed E-state index contributed by atoms with van der Waals surface area (Å²) in [4.78, 5) is 21.2. The minimum absolute atomic E-state index is 0.102. The number of nitrogens with zero attached hydrogens (tertiary/aromatic N) is 2. The van der Waals surface area contributed by atoms with Crippen molar-refractivity contribution in [1.82, 2.24) is 10.3 Å². The van der Waals surface area contributed by atoms with Crippen molar-refractivity contribution in [2.24, 2.45) is 0 Å². The summed E-state index contributed by atoms with van der Waals surface area (Å²) in [5.41, 5.74) is 0.904. The average Bonchev–Trinajstić information content (AvgIpc) is 3.39. The van der Waals surface area contributed by atoms with Gasteiger partial charge < -0.3 is 14.2 Å². The second kappa shape index (κ2) is 9.10. The molecular formula is C20H11ClF2N2O5. The highest BCUT2D eigenvalue weighted by Gasteiger charge is 2.15. The molecule has 4 rings (SSSR count). The zero-order valence-corrected chi connectivity index (χ0v) is 15.6. The molecule has 0 spiro atoms. The summed E-state index contributed by atoms with van der Waals surface area (Å²) >= 11 is 5.18. The fraction of sp³-hybridized carbons (Fsp3) is 0. The number of hydrogen-bond acceptors (Lipinski definition) is 6. The van der Waals surface area contributed by atoms with E-state index in [0.29, 0.717) is 0 Å². The number of carbonyl (C=O) groups is 2. The Morgan fingerprint density at radius 1 is 0.800 bits per heavy atom. The molecule has 0 aliphatic rings. The Hall–Kier alpha value is -3.85. The van der Waals surface area contributed by atoms with Crippen molar-refractivity contribution in [1.29, 1.82) is 0 Å². The Morgan fingerprint density at radius 2 is 1.23 bits per heavy atom. The SMILES string of the molecule is O=C(Cl)c1cc(-c2ccccc2F)no1.O=C(O)c1cc(-c2ccccc2F)no1. The van der Waals surface area contributed by atoms with Gasteiger partial charge in [0.2, 0.25) is 11.5 Å². The van der Waals surface area contributed by atoms with Crippen molar-refractivity contribution in [3.05, 3.63) is 83.8 Å². The molecule has 0 unspecified atom stereocenters. The fourth-order valence-electron chi connectivity index (χ4n) is 2.34. The van der Waals surface area contributed by atoms with E-state index >= 15 is 0 Å². The van der Waals surface area contributed by atoms with Gasteiger partial charge in [-0.1, -0.05) is 34.6 Å². The zero-order valence-electron chi connectivity index (χ0n) is 14.9. The molecule has 10 heteroatoms. The Balaban J connectivity index is 0.000000171. The van der Waals surface area contributed by atoms with E-state index in [1.54, 1.807) is 18.2 Å². The van der Waals surface area contributed by atoms with Gasteiger partial charge in [0, 0.05) is 23.3 Å². The Bertz CT molecular complexity index is 1110. The van der Waals surface area contributed by atoms with E-state index < -0.39 is 22.8 Å². The van der Waals surface area contributed by atoms with Crippen molar-refractivity contribution in [3.8, 4) is 22.5 Å². The molecule has 1 N–H and O–H groups in total. The second-order valence-corrected chi connectivity index (χ2v) is 6.03. The minimum Gasteiger partial charge on any atom is -0.475 e. The third-order valence-corrected chi connectivity index (χ3v) is 3.91. The van der Waals surface area contributed by atoms with E-state index in [1.807, 2.05) is 0 Å². The summed E-state index contributed by atoms with van der Waals surface area (Å²) in [5, 5.41) is 14.8. The smallest absolute Gasteiger partial charge is 0.374 e. The summed E-state index contributed by atoms with van der Waals surface area (Å²) in [5.74, 6) is -2.55. The molecule has 152 valence electrons. The summed E-state index contributed by atoms with van der Waals surface area (Å²) in [7, 11) is 0. The highest BCUT2D eigenvalue weighted by atomic mass is 35.5. The molecule has 30 heavy (non-hydrogen) atoms. The molecule has 4 aromatic rings. The highest BCUT2D eigenvalue weighted by molar-refractivity contribution is 6.67. The first-order chi connectivity index (χ1) is 14.4. The maximum absolute atomic E-state index is 13.3. The molecule has 0 bridgehead atoms. The molecule has 2 heterocycles. The van der Waals surface area contributed by atoms with E-state index in [0.717, 1.165) is 0 Å². The lowest BCUT2D eigenvalue weighted by atomic mass is 10.1. The van der Waals surface area contributed by atoms with Gasteiger partial charge in [0.05, 0.1) is 0 Å². The molecule has 0 saturated carbocycles. The van der Waals surface area contributed by atoms with Crippen molar-refractivity contribution >= 4 is 22.8 Å². The molecular weight excluding hydrogens is 422 g/mol. The van der Waals surface area contributed by atoms with Gasteiger partial charge in [-0.3, -0.25) is 4.79 Å². The van der Waals surface area contributed by atoms with Crippen LogP contribution in [0, 0.1) is 11.6 Å². The molecule has 2 aromatic carbocycles. The molecule has 7 nitrogen and oxygen atoms in total. The Labute approximate surface area is 172 Å². The van der Waals surface area contributed by atoms with E-state index in [4.69, 9.17) is 16.7 Å². The van der Waals surface area contributed by atoms with Crippen LogP contribution in [0.15, 0.2) is 69.7 Å². The number of aromatic carboxylic acids is 1. The van der Waals surface area contributed by atoms with Crippen molar-refractivity contribution in [2.45, 2.75) is 0 Å². The van der Waals surface area contributed by atoms with E-state index in [-0.39, 0.29) is 34.0 Å². The number of aromatic nitrogens is 2. The van der Waals surface area contributed by atoms with Crippen LogP contribution in [0.1, 0.15) is 21.1 Å². The first kappa shape index (κ1) is 20.9. The predicted molar refractivity (Wildman–Crippen MR) is 101 cm³/mol. The molecule has 0 radical (unpaired) electrons. The minimum atomic E-state index is -1.23. The second-order valence-electron chi connectivity index (χ2n) is 5.69. The monoisotopic (exact) mass is 432 g/mol. The Kier molecular flexibility index (Phi) is 6.33. The van der Waals surface area contributed by atoms with Gasteiger partial charge in [0.25, 0.3) is 5.24 Å². The fourth-order valence-corrected chi connectivity index (χ4v) is 2.42. The molecule has 0 atom stereocenters. The lowest BCUT2D eigenvalue weighted by Crippen LogP contribution is -1.91.